The van der Waals surface area contributed by atoms with Crippen molar-refractivity contribution in [2.24, 2.45) is 0 Å². The molecule has 2 aromatic carbocycles. The standard InChI is InChI=1S/C19H18BrN3O2/c1-12(14-4-3-5-15(20)10-14)22-19(24)17-11-21-23-18(17)13-6-8-16(25-2)9-7-13/h3-12H,1-2H3,(H,21,23)(H,22,24). The summed E-state index contributed by atoms with van der Waals surface area (Å²) in [6, 6.07) is 15.2. The highest BCUT2D eigenvalue weighted by Gasteiger charge is 2.18. The lowest BCUT2D eigenvalue weighted by Gasteiger charge is -2.15. The number of amides is 1. The normalized spacial score (nSPS) is 11.8. The summed E-state index contributed by atoms with van der Waals surface area (Å²) in [6.45, 7) is 1.95. The number of ether oxygens (including phenoxy) is 1. The molecule has 6 heteroatoms. The van der Waals surface area contributed by atoms with Crippen LogP contribution in [0.1, 0.15) is 28.9 Å². The van der Waals surface area contributed by atoms with Crippen molar-refractivity contribution < 1.29 is 9.53 Å². The highest BCUT2D eigenvalue weighted by Crippen LogP contribution is 2.24. The number of carbonyl (C=O) groups is 1. The summed E-state index contributed by atoms with van der Waals surface area (Å²) in [5.41, 5.74) is 3.09. The number of benzene rings is 2. The molecule has 25 heavy (non-hydrogen) atoms. The van der Waals surface area contributed by atoms with Crippen molar-refractivity contribution in [3.05, 3.63) is 70.3 Å². The van der Waals surface area contributed by atoms with Crippen molar-refractivity contribution in [2.45, 2.75) is 13.0 Å². The van der Waals surface area contributed by atoms with Crippen molar-refractivity contribution in [1.29, 1.82) is 0 Å². The molecular weight excluding hydrogens is 382 g/mol. The lowest BCUT2D eigenvalue weighted by atomic mass is 10.1. The zero-order valence-corrected chi connectivity index (χ0v) is 15.5. The van der Waals surface area contributed by atoms with Crippen molar-refractivity contribution in [2.75, 3.05) is 7.11 Å². The SMILES string of the molecule is COc1ccc(-c2[nH]ncc2C(=O)NC(C)c2cccc(Br)c2)cc1. The second-order valence-electron chi connectivity index (χ2n) is 5.64. The van der Waals surface area contributed by atoms with E-state index < -0.39 is 0 Å². The van der Waals surface area contributed by atoms with Crippen molar-refractivity contribution in [3.8, 4) is 17.0 Å². The number of methoxy groups -OCH3 is 1. The number of hydrogen-bond acceptors (Lipinski definition) is 3. The fraction of sp³-hybridized carbons (Fsp3) is 0.158. The zero-order valence-electron chi connectivity index (χ0n) is 13.9. The Kier molecular flexibility index (Phi) is 5.19. The molecule has 1 heterocycles. The number of carbonyl (C=O) groups excluding carboxylic acids is 1. The van der Waals surface area contributed by atoms with E-state index in [2.05, 4.69) is 31.4 Å². The van der Waals surface area contributed by atoms with Gasteiger partial charge in [-0.1, -0.05) is 28.1 Å². The summed E-state index contributed by atoms with van der Waals surface area (Å²) in [6.07, 6.45) is 1.54. The first-order chi connectivity index (χ1) is 12.1. The molecule has 0 aliphatic carbocycles. The summed E-state index contributed by atoms with van der Waals surface area (Å²) in [5.74, 6) is 0.588. The van der Waals surface area contributed by atoms with Crippen LogP contribution in [0.15, 0.2) is 59.2 Å². The number of aromatic nitrogens is 2. The second-order valence-corrected chi connectivity index (χ2v) is 6.55. The van der Waals surface area contributed by atoms with Gasteiger partial charge in [0.1, 0.15) is 5.75 Å². The third-order valence-corrected chi connectivity index (χ3v) is 4.45. The average Bonchev–Trinajstić information content (AvgIpc) is 3.11. The van der Waals surface area contributed by atoms with Gasteiger partial charge in [0.25, 0.3) is 5.91 Å². The maximum atomic E-state index is 12.7. The first kappa shape index (κ1) is 17.2. The Bertz CT molecular complexity index is 874. The Morgan fingerprint density at radius 2 is 2.00 bits per heavy atom. The van der Waals surface area contributed by atoms with Gasteiger partial charge in [0.15, 0.2) is 0 Å². The molecule has 0 bridgehead atoms. The number of hydrogen-bond donors (Lipinski definition) is 2. The van der Waals surface area contributed by atoms with Gasteiger partial charge in [0, 0.05) is 10.0 Å². The van der Waals surface area contributed by atoms with Crippen LogP contribution >= 0.6 is 15.9 Å². The Labute approximate surface area is 154 Å². The van der Waals surface area contributed by atoms with E-state index in [1.807, 2.05) is 55.5 Å². The Morgan fingerprint density at radius 3 is 2.68 bits per heavy atom. The minimum Gasteiger partial charge on any atom is -0.497 e. The molecule has 3 rings (SSSR count). The van der Waals surface area contributed by atoms with Crippen LogP contribution < -0.4 is 10.1 Å². The largest absolute Gasteiger partial charge is 0.497 e. The number of rotatable bonds is 5. The maximum Gasteiger partial charge on any atom is 0.255 e. The molecule has 1 amide bonds. The van der Waals surface area contributed by atoms with Gasteiger partial charge in [-0.15, -0.1) is 0 Å². The Hall–Kier alpha value is -2.60. The summed E-state index contributed by atoms with van der Waals surface area (Å²) in [7, 11) is 1.62. The highest BCUT2D eigenvalue weighted by atomic mass is 79.9. The highest BCUT2D eigenvalue weighted by molar-refractivity contribution is 9.10. The predicted molar refractivity (Wildman–Crippen MR) is 101 cm³/mol. The number of nitrogens with one attached hydrogen (secondary N) is 2. The number of H-pyrrole nitrogens is 1. The van der Waals surface area contributed by atoms with Crippen molar-refractivity contribution in [1.82, 2.24) is 15.5 Å². The lowest BCUT2D eigenvalue weighted by molar-refractivity contribution is 0.0940. The van der Waals surface area contributed by atoms with Gasteiger partial charge in [0.2, 0.25) is 0 Å². The lowest BCUT2D eigenvalue weighted by Crippen LogP contribution is -2.26. The molecule has 0 radical (unpaired) electrons. The van der Waals surface area contributed by atoms with E-state index in [-0.39, 0.29) is 11.9 Å². The van der Waals surface area contributed by atoms with Gasteiger partial charge in [0.05, 0.1) is 30.6 Å². The quantitative estimate of drug-likeness (QED) is 0.670. The van der Waals surface area contributed by atoms with Crippen LogP contribution in [0, 0.1) is 0 Å². The summed E-state index contributed by atoms with van der Waals surface area (Å²) in [4.78, 5) is 12.7. The van der Waals surface area contributed by atoms with Crippen LogP contribution in [0.2, 0.25) is 0 Å². The predicted octanol–water partition coefficient (Wildman–Crippen LogP) is 4.34. The van der Waals surface area contributed by atoms with Gasteiger partial charge in [-0.05, 0) is 48.9 Å². The molecule has 1 aromatic heterocycles. The average molecular weight is 400 g/mol. The van der Waals surface area contributed by atoms with E-state index in [9.17, 15) is 4.79 Å². The van der Waals surface area contributed by atoms with Gasteiger partial charge in [-0.25, -0.2) is 0 Å². The first-order valence-corrected chi connectivity index (χ1v) is 8.62. The second kappa shape index (κ2) is 7.53. The van der Waals surface area contributed by atoms with Crippen LogP contribution in [-0.2, 0) is 0 Å². The number of halogens is 1. The van der Waals surface area contributed by atoms with Crippen LogP contribution in [0.4, 0.5) is 0 Å². The van der Waals surface area contributed by atoms with Gasteiger partial charge >= 0.3 is 0 Å². The fourth-order valence-corrected chi connectivity index (χ4v) is 2.99. The molecule has 0 saturated carbocycles. The topological polar surface area (TPSA) is 67.0 Å². The van der Waals surface area contributed by atoms with Crippen LogP contribution in [-0.4, -0.2) is 23.2 Å². The van der Waals surface area contributed by atoms with Crippen LogP contribution in [0.25, 0.3) is 11.3 Å². The molecule has 0 spiro atoms. The van der Waals surface area contributed by atoms with Crippen molar-refractivity contribution >= 4 is 21.8 Å². The van der Waals surface area contributed by atoms with E-state index in [4.69, 9.17) is 4.74 Å². The van der Waals surface area contributed by atoms with Crippen LogP contribution in [0.3, 0.4) is 0 Å². The van der Waals surface area contributed by atoms with E-state index in [1.54, 1.807) is 13.3 Å². The molecule has 3 aromatic rings. The Morgan fingerprint density at radius 1 is 1.24 bits per heavy atom. The molecule has 0 saturated heterocycles. The molecule has 0 aliphatic heterocycles. The van der Waals surface area contributed by atoms with Gasteiger partial charge < -0.3 is 10.1 Å². The maximum absolute atomic E-state index is 12.7. The number of nitrogens with zero attached hydrogens (tertiary/aromatic N) is 1. The summed E-state index contributed by atoms with van der Waals surface area (Å²) >= 11 is 3.45. The zero-order chi connectivity index (χ0) is 17.8. The molecule has 5 nitrogen and oxygen atoms in total. The molecular formula is C19H18BrN3O2. The number of aromatic amines is 1. The van der Waals surface area contributed by atoms with Crippen LogP contribution in [0.5, 0.6) is 5.75 Å². The van der Waals surface area contributed by atoms with E-state index >= 15 is 0 Å². The first-order valence-electron chi connectivity index (χ1n) is 7.82. The summed E-state index contributed by atoms with van der Waals surface area (Å²) < 4.78 is 6.15. The van der Waals surface area contributed by atoms with Gasteiger partial charge in [-0.3, -0.25) is 9.89 Å². The molecule has 0 aliphatic rings. The summed E-state index contributed by atoms with van der Waals surface area (Å²) in [5, 5.41) is 9.95. The molecule has 128 valence electrons. The Balaban J connectivity index is 1.80. The van der Waals surface area contributed by atoms with E-state index in [0.717, 1.165) is 21.3 Å². The minimum atomic E-state index is -0.174. The third kappa shape index (κ3) is 3.91. The van der Waals surface area contributed by atoms with Crippen molar-refractivity contribution in [3.63, 3.8) is 0 Å². The molecule has 0 fully saturated rings. The molecule has 1 atom stereocenters. The van der Waals surface area contributed by atoms with E-state index in [0.29, 0.717) is 11.3 Å². The smallest absolute Gasteiger partial charge is 0.255 e. The minimum absolute atomic E-state index is 0.122. The van der Waals surface area contributed by atoms with E-state index in [1.165, 1.54) is 0 Å². The third-order valence-electron chi connectivity index (χ3n) is 3.96. The molecule has 1 unspecified atom stereocenters. The van der Waals surface area contributed by atoms with Gasteiger partial charge in [-0.2, -0.15) is 5.10 Å². The monoisotopic (exact) mass is 399 g/mol. The fourth-order valence-electron chi connectivity index (χ4n) is 2.57. The molecule has 2 N–H and O–H groups in total.